The second-order valence-electron chi connectivity index (χ2n) is 6.60. The summed E-state index contributed by atoms with van der Waals surface area (Å²) >= 11 is 0. The number of amides is 1. The van der Waals surface area contributed by atoms with Crippen LogP contribution in [-0.2, 0) is 4.74 Å². The maximum absolute atomic E-state index is 12.9. The highest BCUT2D eigenvalue weighted by Crippen LogP contribution is 2.32. The van der Waals surface area contributed by atoms with Crippen LogP contribution in [0.1, 0.15) is 26.4 Å². The van der Waals surface area contributed by atoms with Gasteiger partial charge in [0.2, 0.25) is 0 Å². The third-order valence-corrected chi connectivity index (χ3v) is 4.71. The largest absolute Gasteiger partial charge is 0.465 e. The van der Waals surface area contributed by atoms with Gasteiger partial charge in [0.1, 0.15) is 5.69 Å². The van der Waals surface area contributed by atoms with E-state index in [9.17, 15) is 9.59 Å². The highest BCUT2D eigenvalue weighted by atomic mass is 16.5. The summed E-state index contributed by atoms with van der Waals surface area (Å²) in [6, 6.07) is 24.3. The molecule has 1 aromatic heterocycles. The molecule has 0 bridgehead atoms. The van der Waals surface area contributed by atoms with Crippen LogP contribution in [0.3, 0.4) is 0 Å². The molecule has 30 heavy (non-hydrogen) atoms. The number of H-pyrrole nitrogens is 1. The summed E-state index contributed by atoms with van der Waals surface area (Å²) in [4.78, 5) is 27.6. The van der Waals surface area contributed by atoms with Crippen molar-refractivity contribution in [1.29, 1.82) is 0 Å². The Morgan fingerprint density at radius 1 is 0.933 bits per heavy atom. The van der Waals surface area contributed by atoms with Gasteiger partial charge in [-0.1, -0.05) is 60.7 Å². The van der Waals surface area contributed by atoms with Crippen LogP contribution in [0.2, 0.25) is 0 Å². The van der Waals surface area contributed by atoms with Crippen LogP contribution >= 0.6 is 0 Å². The van der Waals surface area contributed by atoms with Gasteiger partial charge >= 0.3 is 5.97 Å². The van der Waals surface area contributed by atoms with Gasteiger partial charge in [0.15, 0.2) is 0 Å². The fraction of sp³-hybridized carbons (Fsp3) is 0.0417. The second-order valence-corrected chi connectivity index (χ2v) is 6.60. The van der Waals surface area contributed by atoms with Crippen molar-refractivity contribution >= 4 is 29.0 Å². The summed E-state index contributed by atoms with van der Waals surface area (Å²) < 4.78 is 4.68. The molecule has 6 heteroatoms. The van der Waals surface area contributed by atoms with E-state index in [1.807, 2.05) is 54.6 Å². The maximum Gasteiger partial charge on any atom is 0.337 e. The van der Waals surface area contributed by atoms with Crippen LogP contribution in [0.5, 0.6) is 0 Å². The molecule has 4 rings (SSSR count). The van der Waals surface area contributed by atoms with Gasteiger partial charge in [-0.25, -0.2) is 10.2 Å². The topological polar surface area (TPSA) is 83.5 Å². The summed E-state index contributed by atoms with van der Waals surface area (Å²) in [5.41, 5.74) is 6.87. The quantitative estimate of drug-likeness (QED) is 0.298. The number of nitrogens with zero attached hydrogens (tertiary/aromatic N) is 1. The average Bonchev–Trinajstić information content (AvgIpc) is 3.19. The third-order valence-electron chi connectivity index (χ3n) is 4.71. The normalized spacial score (nSPS) is 11.0. The van der Waals surface area contributed by atoms with Crippen molar-refractivity contribution in [2.24, 2.45) is 5.10 Å². The molecular weight excluding hydrogens is 378 g/mol. The molecule has 0 saturated heterocycles. The van der Waals surface area contributed by atoms with Crippen molar-refractivity contribution in [1.82, 2.24) is 10.4 Å². The van der Waals surface area contributed by atoms with E-state index in [2.05, 4.69) is 20.2 Å². The first-order valence-corrected chi connectivity index (χ1v) is 9.35. The summed E-state index contributed by atoms with van der Waals surface area (Å²) in [5, 5.41) is 5.03. The van der Waals surface area contributed by atoms with E-state index in [1.165, 1.54) is 13.3 Å². The predicted octanol–water partition coefficient (Wildman–Crippen LogP) is 4.39. The Bertz CT molecular complexity index is 1230. The Morgan fingerprint density at radius 2 is 1.63 bits per heavy atom. The number of carbonyl (C=O) groups is 2. The van der Waals surface area contributed by atoms with Gasteiger partial charge in [-0.15, -0.1) is 0 Å². The van der Waals surface area contributed by atoms with E-state index in [-0.39, 0.29) is 5.91 Å². The van der Waals surface area contributed by atoms with Crippen molar-refractivity contribution < 1.29 is 14.3 Å². The molecule has 0 unspecified atom stereocenters. The van der Waals surface area contributed by atoms with Crippen LogP contribution < -0.4 is 5.43 Å². The number of esters is 1. The lowest BCUT2D eigenvalue weighted by Crippen LogP contribution is -2.18. The number of para-hydroxylation sites is 1. The average molecular weight is 397 g/mol. The van der Waals surface area contributed by atoms with Crippen molar-refractivity contribution in [3.63, 3.8) is 0 Å². The van der Waals surface area contributed by atoms with E-state index >= 15 is 0 Å². The lowest BCUT2D eigenvalue weighted by atomic mass is 10.0. The molecule has 2 N–H and O–H groups in total. The minimum atomic E-state index is -0.404. The van der Waals surface area contributed by atoms with Crippen molar-refractivity contribution in [3.05, 3.63) is 95.7 Å². The fourth-order valence-corrected chi connectivity index (χ4v) is 3.26. The Balaban J connectivity index is 1.58. The first-order valence-electron chi connectivity index (χ1n) is 9.35. The molecule has 6 nitrogen and oxygen atoms in total. The number of methoxy groups -OCH3 is 1. The van der Waals surface area contributed by atoms with Crippen molar-refractivity contribution in [3.8, 4) is 11.1 Å². The number of benzene rings is 3. The molecule has 0 aliphatic rings. The molecule has 1 amide bonds. The number of hydrogen-bond donors (Lipinski definition) is 2. The van der Waals surface area contributed by atoms with E-state index in [4.69, 9.17) is 0 Å². The summed E-state index contributed by atoms with van der Waals surface area (Å²) in [6.07, 6.45) is 1.52. The molecule has 4 aromatic rings. The maximum atomic E-state index is 12.9. The molecule has 0 saturated carbocycles. The summed E-state index contributed by atoms with van der Waals surface area (Å²) in [6.45, 7) is 0. The van der Waals surface area contributed by atoms with E-state index < -0.39 is 5.97 Å². The number of rotatable bonds is 5. The van der Waals surface area contributed by atoms with Gasteiger partial charge in [0.05, 0.1) is 18.9 Å². The highest BCUT2D eigenvalue weighted by molar-refractivity contribution is 6.09. The SMILES string of the molecule is COC(=O)c1ccc(/C=N/NC(=O)c2[nH]c3ccccc3c2-c2ccccc2)cc1. The molecule has 0 fully saturated rings. The lowest BCUT2D eigenvalue weighted by molar-refractivity contribution is 0.0600. The van der Waals surface area contributed by atoms with Gasteiger partial charge < -0.3 is 9.72 Å². The minimum Gasteiger partial charge on any atom is -0.465 e. The molecule has 1 heterocycles. The van der Waals surface area contributed by atoms with Crippen LogP contribution in [0, 0.1) is 0 Å². The Kier molecular flexibility index (Phi) is 5.39. The Hall–Kier alpha value is -4.19. The second kappa shape index (κ2) is 8.45. The Morgan fingerprint density at radius 3 is 2.37 bits per heavy atom. The van der Waals surface area contributed by atoms with E-state index in [1.54, 1.807) is 24.3 Å². The van der Waals surface area contributed by atoms with Crippen LogP contribution in [-0.4, -0.2) is 30.2 Å². The smallest absolute Gasteiger partial charge is 0.337 e. The number of aromatic nitrogens is 1. The number of nitrogens with one attached hydrogen (secondary N) is 2. The van der Waals surface area contributed by atoms with Crippen LogP contribution in [0.4, 0.5) is 0 Å². The zero-order valence-corrected chi connectivity index (χ0v) is 16.3. The number of hydrazone groups is 1. The third kappa shape index (κ3) is 3.84. The number of aromatic amines is 1. The lowest BCUT2D eigenvalue weighted by Gasteiger charge is -2.04. The number of fused-ring (bicyclic) bond motifs is 1. The number of carbonyl (C=O) groups excluding carboxylic acids is 2. The van der Waals surface area contributed by atoms with Gasteiger partial charge in [-0.2, -0.15) is 5.10 Å². The van der Waals surface area contributed by atoms with Crippen molar-refractivity contribution in [2.75, 3.05) is 7.11 Å². The summed E-state index contributed by atoms with van der Waals surface area (Å²) in [7, 11) is 1.33. The van der Waals surface area contributed by atoms with Crippen LogP contribution in [0.25, 0.3) is 22.0 Å². The molecule has 0 aliphatic carbocycles. The van der Waals surface area contributed by atoms with Gasteiger partial charge in [-0.3, -0.25) is 4.79 Å². The van der Waals surface area contributed by atoms with E-state index in [0.717, 1.165) is 27.6 Å². The van der Waals surface area contributed by atoms with Crippen molar-refractivity contribution in [2.45, 2.75) is 0 Å². The monoisotopic (exact) mass is 397 g/mol. The molecular formula is C24H19N3O3. The summed E-state index contributed by atoms with van der Waals surface area (Å²) in [5.74, 6) is -0.744. The molecule has 0 spiro atoms. The zero-order chi connectivity index (χ0) is 20.9. The number of hydrogen-bond acceptors (Lipinski definition) is 4. The number of ether oxygens (including phenoxy) is 1. The first kappa shape index (κ1) is 19.1. The van der Waals surface area contributed by atoms with E-state index in [0.29, 0.717) is 11.3 Å². The van der Waals surface area contributed by atoms with Gasteiger partial charge in [0.25, 0.3) is 5.91 Å². The first-order chi connectivity index (χ1) is 14.7. The van der Waals surface area contributed by atoms with Gasteiger partial charge in [0, 0.05) is 16.5 Å². The van der Waals surface area contributed by atoms with Crippen LogP contribution in [0.15, 0.2) is 84.0 Å². The highest BCUT2D eigenvalue weighted by Gasteiger charge is 2.18. The molecule has 3 aromatic carbocycles. The standard InChI is InChI=1S/C24H19N3O3/c1-30-24(29)18-13-11-16(12-14-18)15-25-27-23(28)22-21(17-7-3-2-4-8-17)19-9-5-6-10-20(19)26-22/h2-15,26H,1H3,(H,27,28)/b25-15+. The van der Waals surface area contributed by atoms with Gasteiger partial charge in [-0.05, 0) is 29.3 Å². The Labute approximate surface area is 173 Å². The molecule has 0 atom stereocenters. The predicted molar refractivity (Wildman–Crippen MR) is 117 cm³/mol. The molecule has 0 radical (unpaired) electrons. The minimum absolute atomic E-state index is 0.340. The molecule has 148 valence electrons. The fourth-order valence-electron chi connectivity index (χ4n) is 3.26. The zero-order valence-electron chi connectivity index (χ0n) is 16.3. The molecule has 0 aliphatic heterocycles.